The lowest BCUT2D eigenvalue weighted by molar-refractivity contribution is -0.188. The molecule has 19 heavy (non-hydrogen) atoms. The van der Waals surface area contributed by atoms with Crippen LogP contribution in [0.25, 0.3) is 5.57 Å². The quantitative estimate of drug-likeness (QED) is 0.779. The van der Waals surface area contributed by atoms with E-state index in [0.29, 0.717) is 0 Å². The lowest BCUT2D eigenvalue weighted by Crippen LogP contribution is -2.46. The first-order chi connectivity index (χ1) is 9.15. The molecule has 1 aromatic carbocycles. The summed E-state index contributed by atoms with van der Waals surface area (Å²) in [5, 5.41) is 0. The third kappa shape index (κ3) is 2.27. The Kier molecular flexibility index (Phi) is 3.98. The largest absolute Gasteiger partial charge is 0.348 e. The van der Waals surface area contributed by atoms with Crippen LogP contribution in [0.3, 0.4) is 0 Å². The van der Waals surface area contributed by atoms with Crippen LogP contribution in [-0.2, 0) is 14.3 Å². The minimum Gasteiger partial charge on any atom is -0.348 e. The molecule has 0 amide bonds. The number of benzene rings is 1. The van der Waals surface area contributed by atoms with Crippen molar-refractivity contribution in [1.29, 1.82) is 0 Å². The fourth-order valence-electron chi connectivity index (χ4n) is 2.55. The molecule has 1 unspecified atom stereocenters. The van der Waals surface area contributed by atoms with E-state index in [0.717, 1.165) is 11.1 Å². The number of hydrogen-bond donors (Lipinski definition) is 0. The lowest BCUT2D eigenvalue weighted by atomic mass is 9.81. The molecule has 1 aliphatic rings. The van der Waals surface area contributed by atoms with Crippen LogP contribution < -0.4 is 0 Å². The van der Waals surface area contributed by atoms with Gasteiger partial charge in [0.25, 0.3) is 0 Å². The van der Waals surface area contributed by atoms with Crippen molar-refractivity contribution in [2.75, 3.05) is 14.2 Å². The molecular weight excluding hydrogens is 240 g/mol. The van der Waals surface area contributed by atoms with Crippen molar-refractivity contribution >= 4 is 11.4 Å². The van der Waals surface area contributed by atoms with Crippen molar-refractivity contribution in [3.05, 3.63) is 54.1 Å². The second-order valence-electron chi connectivity index (χ2n) is 4.50. The highest BCUT2D eigenvalue weighted by atomic mass is 16.7. The minimum atomic E-state index is -1.05. The van der Waals surface area contributed by atoms with Crippen LogP contribution in [0.4, 0.5) is 0 Å². The predicted octanol–water partition coefficient (Wildman–Crippen LogP) is 2.83. The summed E-state index contributed by atoms with van der Waals surface area (Å²) in [6.45, 7) is 1.55. The van der Waals surface area contributed by atoms with Crippen LogP contribution in [0.1, 0.15) is 12.5 Å². The molecule has 0 aliphatic heterocycles. The zero-order valence-electron chi connectivity index (χ0n) is 11.4. The predicted molar refractivity (Wildman–Crippen MR) is 74.5 cm³/mol. The van der Waals surface area contributed by atoms with Gasteiger partial charge >= 0.3 is 0 Å². The normalized spacial score (nSPS) is 21.0. The molecule has 0 spiro atoms. The monoisotopic (exact) mass is 258 g/mol. The number of carbonyl (C=O) groups is 1. The van der Waals surface area contributed by atoms with Gasteiger partial charge in [-0.15, -0.1) is 0 Å². The molecule has 0 saturated heterocycles. The number of allylic oxidation sites excluding steroid dienone is 2. The highest BCUT2D eigenvalue weighted by Crippen LogP contribution is 2.40. The number of carbonyl (C=O) groups excluding carboxylic acids is 1. The number of hydrogen-bond acceptors (Lipinski definition) is 3. The van der Waals surface area contributed by atoms with Gasteiger partial charge in [0.2, 0.25) is 5.79 Å². The Morgan fingerprint density at radius 3 is 2.32 bits per heavy atom. The fraction of sp³-hybridized carbons (Fsp3) is 0.312. The summed E-state index contributed by atoms with van der Waals surface area (Å²) >= 11 is 0. The number of ketones is 1. The molecule has 0 saturated carbocycles. The summed E-state index contributed by atoms with van der Waals surface area (Å²) < 4.78 is 11.2. The maximum atomic E-state index is 11.9. The van der Waals surface area contributed by atoms with Gasteiger partial charge in [-0.25, -0.2) is 0 Å². The molecule has 100 valence electrons. The van der Waals surface area contributed by atoms with E-state index in [4.69, 9.17) is 9.47 Å². The van der Waals surface area contributed by atoms with Crippen LogP contribution in [0, 0.1) is 5.92 Å². The molecule has 0 bridgehead atoms. The third-order valence-corrected chi connectivity index (χ3v) is 3.48. The first kappa shape index (κ1) is 13.7. The zero-order chi connectivity index (χ0) is 13.9. The summed E-state index contributed by atoms with van der Waals surface area (Å²) in [6, 6.07) is 9.82. The zero-order valence-corrected chi connectivity index (χ0v) is 11.4. The van der Waals surface area contributed by atoms with Gasteiger partial charge in [0.15, 0.2) is 0 Å². The molecule has 0 radical (unpaired) electrons. The Bertz CT molecular complexity index is 510. The van der Waals surface area contributed by atoms with Crippen LogP contribution in [0.2, 0.25) is 0 Å². The van der Waals surface area contributed by atoms with Crippen molar-refractivity contribution in [2.24, 2.45) is 5.92 Å². The summed E-state index contributed by atoms with van der Waals surface area (Å²) in [7, 11) is 3.13. The number of ether oxygens (including phenoxy) is 2. The van der Waals surface area contributed by atoms with E-state index in [1.807, 2.05) is 48.6 Å². The average molecular weight is 258 g/mol. The van der Waals surface area contributed by atoms with E-state index in [2.05, 4.69) is 0 Å². The summed E-state index contributed by atoms with van der Waals surface area (Å²) in [4.78, 5) is 11.9. The number of methoxy groups -OCH3 is 2. The van der Waals surface area contributed by atoms with Crippen LogP contribution in [-0.4, -0.2) is 25.8 Å². The van der Waals surface area contributed by atoms with Crippen LogP contribution in [0.15, 0.2) is 48.6 Å². The average Bonchev–Trinajstić information content (AvgIpc) is 2.47. The molecule has 3 heteroatoms. The molecule has 1 atom stereocenters. The molecule has 0 aromatic heterocycles. The van der Waals surface area contributed by atoms with E-state index in [-0.39, 0.29) is 5.78 Å². The van der Waals surface area contributed by atoms with E-state index in [1.54, 1.807) is 21.1 Å². The van der Waals surface area contributed by atoms with Gasteiger partial charge in [0, 0.05) is 19.8 Å². The summed E-state index contributed by atoms with van der Waals surface area (Å²) in [5.74, 6) is -1.48. The first-order valence-corrected chi connectivity index (χ1v) is 6.21. The van der Waals surface area contributed by atoms with Crippen molar-refractivity contribution in [3.63, 3.8) is 0 Å². The maximum absolute atomic E-state index is 11.9. The third-order valence-electron chi connectivity index (χ3n) is 3.48. The van der Waals surface area contributed by atoms with Gasteiger partial charge in [0.05, 0.1) is 5.92 Å². The Hall–Kier alpha value is -1.71. The first-order valence-electron chi connectivity index (χ1n) is 6.21. The SMILES string of the molecule is COC1(OC)C(c2ccccc2)=CC=CC1C(C)=O. The molecule has 3 nitrogen and oxygen atoms in total. The molecule has 0 fully saturated rings. The van der Waals surface area contributed by atoms with E-state index >= 15 is 0 Å². The standard InChI is InChI=1S/C16H18O3/c1-12(17)14-10-7-11-15(16(14,18-2)19-3)13-8-5-4-6-9-13/h4-11,14H,1-3H3. The van der Waals surface area contributed by atoms with Gasteiger partial charge in [-0.1, -0.05) is 48.6 Å². The molecular formula is C16H18O3. The maximum Gasteiger partial charge on any atom is 0.208 e. The van der Waals surface area contributed by atoms with Crippen LogP contribution in [0.5, 0.6) is 0 Å². The second kappa shape index (κ2) is 5.51. The van der Waals surface area contributed by atoms with Gasteiger partial charge in [-0.05, 0) is 12.5 Å². The highest BCUT2D eigenvalue weighted by molar-refractivity contribution is 5.88. The van der Waals surface area contributed by atoms with Gasteiger partial charge < -0.3 is 9.47 Å². The molecule has 0 heterocycles. The van der Waals surface area contributed by atoms with Gasteiger partial charge in [-0.2, -0.15) is 0 Å². The number of Topliss-reactive ketones (excluding diaryl/α,β-unsaturated/α-hetero) is 1. The van der Waals surface area contributed by atoms with Crippen molar-refractivity contribution < 1.29 is 14.3 Å². The highest BCUT2D eigenvalue weighted by Gasteiger charge is 2.45. The molecule has 0 N–H and O–H groups in total. The lowest BCUT2D eigenvalue weighted by Gasteiger charge is -2.39. The smallest absolute Gasteiger partial charge is 0.208 e. The van der Waals surface area contributed by atoms with Crippen LogP contribution >= 0.6 is 0 Å². The van der Waals surface area contributed by atoms with E-state index in [1.165, 1.54) is 0 Å². The van der Waals surface area contributed by atoms with Crippen molar-refractivity contribution in [2.45, 2.75) is 12.7 Å². The summed E-state index contributed by atoms with van der Waals surface area (Å²) in [6.07, 6.45) is 5.63. The van der Waals surface area contributed by atoms with Crippen molar-refractivity contribution in [3.8, 4) is 0 Å². The summed E-state index contributed by atoms with van der Waals surface area (Å²) in [5.41, 5.74) is 1.85. The Balaban J connectivity index is 2.55. The minimum absolute atomic E-state index is 0.0153. The molecule has 2 rings (SSSR count). The topological polar surface area (TPSA) is 35.5 Å². The fourth-order valence-corrected chi connectivity index (χ4v) is 2.55. The Labute approximate surface area is 113 Å². The molecule has 1 aliphatic carbocycles. The van der Waals surface area contributed by atoms with Gasteiger partial charge in [0.1, 0.15) is 5.78 Å². The Morgan fingerprint density at radius 2 is 1.79 bits per heavy atom. The Morgan fingerprint density at radius 1 is 1.16 bits per heavy atom. The number of rotatable bonds is 4. The molecule has 1 aromatic rings. The van der Waals surface area contributed by atoms with E-state index in [9.17, 15) is 4.79 Å². The van der Waals surface area contributed by atoms with Gasteiger partial charge in [-0.3, -0.25) is 4.79 Å². The van der Waals surface area contributed by atoms with E-state index < -0.39 is 11.7 Å². The van der Waals surface area contributed by atoms with Crippen molar-refractivity contribution in [1.82, 2.24) is 0 Å². The second-order valence-corrected chi connectivity index (χ2v) is 4.50.